The van der Waals surface area contributed by atoms with Gasteiger partial charge in [0.15, 0.2) is 0 Å². The van der Waals surface area contributed by atoms with Crippen LogP contribution >= 0.6 is 11.8 Å². The van der Waals surface area contributed by atoms with Crippen LogP contribution in [-0.4, -0.2) is 28.0 Å². The summed E-state index contributed by atoms with van der Waals surface area (Å²) in [7, 11) is 0. The maximum atomic E-state index is 5.44. The molecule has 0 spiro atoms. The molecule has 0 aliphatic carbocycles. The minimum atomic E-state index is 0.449. The van der Waals surface area contributed by atoms with Crippen LogP contribution in [0.25, 0.3) is 10.9 Å². The molecule has 4 N–H and O–H groups in total. The molecule has 2 aromatic rings. The summed E-state index contributed by atoms with van der Waals surface area (Å²) >= 11 is 2.05. The van der Waals surface area contributed by atoms with E-state index < -0.39 is 0 Å². The fourth-order valence-electron chi connectivity index (χ4n) is 2.47. The molecule has 20 heavy (non-hydrogen) atoms. The highest BCUT2D eigenvalue weighted by atomic mass is 32.2. The fraction of sp³-hybridized carbons (Fsp3) is 0.429. The molecule has 1 fully saturated rings. The quantitative estimate of drug-likeness (QED) is 0.593. The van der Waals surface area contributed by atoms with Gasteiger partial charge in [-0.3, -0.25) is 5.43 Å². The molecular formula is C14H19N5S. The first-order chi connectivity index (χ1) is 9.86. The Morgan fingerprint density at radius 2 is 2.00 bits per heavy atom. The number of anilines is 2. The molecule has 0 unspecified atom stereocenters. The molecule has 0 radical (unpaired) electrons. The summed E-state index contributed by atoms with van der Waals surface area (Å²) in [4.78, 5) is 8.80. The van der Waals surface area contributed by atoms with Crippen molar-refractivity contribution in [2.45, 2.75) is 12.8 Å². The summed E-state index contributed by atoms with van der Waals surface area (Å²) in [5.74, 6) is 10.0. The normalized spacial score (nSPS) is 16.2. The topological polar surface area (TPSA) is 75.9 Å². The van der Waals surface area contributed by atoms with E-state index in [1.165, 1.54) is 24.3 Å². The van der Waals surface area contributed by atoms with E-state index >= 15 is 0 Å². The molecule has 1 aliphatic heterocycles. The van der Waals surface area contributed by atoms with Crippen molar-refractivity contribution in [1.29, 1.82) is 0 Å². The maximum Gasteiger partial charge on any atom is 0.239 e. The van der Waals surface area contributed by atoms with E-state index in [-0.39, 0.29) is 0 Å². The number of nitrogens with one attached hydrogen (secondary N) is 2. The Labute approximate surface area is 122 Å². The van der Waals surface area contributed by atoms with Crippen LogP contribution in [0.4, 0.5) is 11.8 Å². The molecule has 1 aromatic heterocycles. The van der Waals surface area contributed by atoms with E-state index in [1.807, 2.05) is 36.0 Å². The van der Waals surface area contributed by atoms with Crippen LogP contribution in [0.15, 0.2) is 24.3 Å². The molecule has 0 amide bonds. The third-order valence-corrected chi connectivity index (χ3v) is 4.68. The van der Waals surface area contributed by atoms with Crippen LogP contribution in [0.3, 0.4) is 0 Å². The van der Waals surface area contributed by atoms with Gasteiger partial charge in [-0.05, 0) is 42.4 Å². The Morgan fingerprint density at radius 1 is 1.20 bits per heavy atom. The third-order valence-electron chi connectivity index (χ3n) is 3.63. The van der Waals surface area contributed by atoms with Gasteiger partial charge in [0.25, 0.3) is 0 Å². The Hall–Kier alpha value is -1.53. The zero-order chi connectivity index (χ0) is 13.8. The number of nitrogens with zero attached hydrogens (tertiary/aromatic N) is 2. The summed E-state index contributed by atoms with van der Waals surface area (Å²) in [5, 5.41) is 4.51. The minimum Gasteiger partial charge on any atom is -0.369 e. The van der Waals surface area contributed by atoms with Gasteiger partial charge in [-0.2, -0.15) is 16.7 Å². The molecule has 6 heteroatoms. The van der Waals surface area contributed by atoms with Gasteiger partial charge in [0, 0.05) is 11.9 Å². The van der Waals surface area contributed by atoms with Gasteiger partial charge in [-0.15, -0.1) is 0 Å². The largest absolute Gasteiger partial charge is 0.369 e. The van der Waals surface area contributed by atoms with E-state index in [0.717, 1.165) is 29.2 Å². The number of rotatable bonds is 4. The lowest BCUT2D eigenvalue weighted by molar-refractivity contribution is 0.516. The van der Waals surface area contributed by atoms with Crippen LogP contribution in [0, 0.1) is 5.92 Å². The van der Waals surface area contributed by atoms with Gasteiger partial charge >= 0.3 is 0 Å². The van der Waals surface area contributed by atoms with Gasteiger partial charge < -0.3 is 5.32 Å². The van der Waals surface area contributed by atoms with E-state index in [1.54, 1.807) is 0 Å². The Bertz CT molecular complexity index is 583. The smallest absolute Gasteiger partial charge is 0.239 e. The molecule has 2 heterocycles. The van der Waals surface area contributed by atoms with Crippen molar-refractivity contribution < 1.29 is 0 Å². The Kier molecular flexibility index (Phi) is 4.22. The Morgan fingerprint density at radius 3 is 2.80 bits per heavy atom. The third kappa shape index (κ3) is 2.96. The number of hydrazine groups is 1. The van der Waals surface area contributed by atoms with Crippen molar-refractivity contribution in [1.82, 2.24) is 9.97 Å². The van der Waals surface area contributed by atoms with Crippen molar-refractivity contribution in [2.24, 2.45) is 11.8 Å². The molecule has 106 valence electrons. The van der Waals surface area contributed by atoms with Crippen LogP contribution in [0.2, 0.25) is 0 Å². The zero-order valence-electron chi connectivity index (χ0n) is 11.3. The van der Waals surface area contributed by atoms with Crippen molar-refractivity contribution in [3.8, 4) is 0 Å². The highest BCUT2D eigenvalue weighted by Crippen LogP contribution is 2.25. The summed E-state index contributed by atoms with van der Waals surface area (Å²) in [5.41, 5.74) is 3.43. The number of hydrogen-bond donors (Lipinski definition) is 3. The van der Waals surface area contributed by atoms with Crippen molar-refractivity contribution >= 4 is 34.4 Å². The van der Waals surface area contributed by atoms with Crippen molar-refractivity contribution in [3.63, 3.8) is 0 Å². The van der Waals surface area contributed by atoms with E-state index in [0.29, 0.717) is 5.95 Å². The maximum absolute atomic E-state index is 5.44. The lowest BCUT2D eigenvalue weighted by Gasteiger charge is -2.22. The molecular weight excluding hydrogens is 270 g/mol. The van der Waals surface area contributed by atoms with Crippen LogP contribution < -0.4 is 16.6 Å². The molecule has 0 bridgehead atoms. The highest BCUT2D eigenvalue weighted by molar-refractivity contribution is 7.99. The number of benzene rings is 1. The lowest BCUT2D eigenvalue weighted by atomic mass is 10.0. The van der Waals surface area contributed by atoms with Crippen molar-refractivity contribution in [2.75, 3.05) is 28.8 Å². The van der Waals surface area contributed by atoms with E-state index in [9.17, 15) is 0 Å². The number of hydrogen-bond acceptors (Lipinski definition) is 6. The molecule has 3 rings (SSSR count). The van der Waals surface area contributed by atoms with Gasteiger partial charge in [0.2, 0.25) is 5.95 Å². The average Bonchev–Trinajstić information content (AvgIpc) is 2.53. The van der Waals surface area contributed by atoms with Crippen LogP contribution in [0.5, 0.6) is 0 Å². The molecule has 1 saturated heterocycles. The summed E-state index contributed by atoms with van der Waals surface area (Å²) in [6.45, 7) is 0.964. The predicted octanol–water partition coefficient (Wildman–Crippen LogP) is 2.47. The second-order valence-corrected chi connectivity index (χ2v) is 6.22. The summed E-state index contributed by atoms with van der Waals surface area (Å²) in [6, 6.07) is 7.98. The molecule has 0 atom stereocenters. The van der Waals surface area contributed by atoms with Gasteiger partial charge in [-0.1, -0.05) is 12.1 Å². The summed E-state index contributed by atoms with van der Waals surface area (Å²) < 4.78 is 0. The molecule has 5 nitrogen and oxygen atoms in total. The predicted molar refractivity (Wildman–Crippen MR) is 85.9 cm³/mol. The monoisotopic (exact) mass is 289 g/mol. The lowest BCUT2D eigenvalue weighted by Crippen LogP contribution is -2.20. The van der Waals surface area contributed by atoms with Crippen molar-refractivity contribution in [3.05, 3.63) is 24.3 Å². The van der Waals surface area contributed by atoms with Crippen LogP contribution in [-0.2, 0) is 0 Å². The number of fused-ring (bicyclic) bond motifs is 1. The first kappa shape index (κ1) is 13.5. The number of nitrogens with two attached hydrogens (primary N) is 1. The number of thioether (sulfide) groups is 1. The molecule has 0 saturated carbocycles. The Balaban J connectivity index is 1.81. The second kappa shape index (κ2) is 6.28. The highest BCUT2D eigenvalue weighted by Gasteiger charge is 2.14. The molecule has 1 aliphatic rings. The van der Waals surface area contributed by atoms with Crippen LogP contribution in [0.1, 0.15) is 12.8 Å². The number of aromatic nitrogens is 2. The first-order valence-electron chi connectivity index (χ1n) is 6.92. The minimum absolute atomic E-state index is 0.449. The SMILES string of the molecule is NNc1nc(NCC2CCSCC2)c2ccccc2n1. The first-order valence-corrected chi connectivity index (χ1v) is 8.07. The van der Waals surface area contributed by atoms with E-state index in [2.05, 4.69) is 20.7 Å². The molecule has 1 aromatic carbocycles. The summed E-state index contributed by atoms with van der Waals surface area (Å²) in [6.07, 6.45) is 2.56. The zero-order valence-corrected chi connectivity index (χ0v) is 12.1. The van der Waals surface area contributed by atoms with Gasteiger partial charge in [0.1, 0.15) is 5.82 Å². The fourth-order valence-corrected chi connectivity index (χ4v) is 3.67. The standard InChI is InChI=1S/C14H19N5S/c15-19-14-17-12-4-2-1-3-11(12)13(18-14)16-9-10-5-7-20-8-6-10/h1-4,10H,5-9,15H2,(H2,16,17,18,19). The van der Waals surface area contributed by atoms with Gasteiger partial charge in [0.05, 0.1) is 5.52 Å². The average molecular weight is 289 g/mol. The number of nitrogen functional groups attached to an aromatic ring is 1. The van der Waals surface area contributed by atoms with Gasteiger partial charge in [-0.25, -0.2) is 10.8 Å². The second-order valence-electron chi connectivity index (χ2n) is 4.99. The van der Waals surface area contributed by atoms with E-state index in [4.69, 9.17) is 5.84 Å². The number of para-hydroxylation sites is 1.